The van der Waals surface area contributed by atoms with Crippen molar-refractivity contribution < 1.29 is 4.74 Å². The molecule has 1 aromatic rings. The molecule has 0 aromatic heterocycles. The lowest BCUT2D eigenvalue weighted by molar-refractivity contribution is -0.105. The van der Waals surface area contributed by atoms with E-state index in [0.717, 1.165) is 19.4 Å². The summed E-state index contributed by atoms with van der Waals surface area (Å²) in [4.78, 5) is 0. The zero-order valence-corrected chi connectivity index (χ0v) is 15.0. The van der Waals surface area contributed by atoms with Crippen molar-refractivity contribution in [1.29, 1.82) is 0 Å². The van der Waals surface area contributed by atoms with Crippen LogP contribution in [0.3, 0.4) is 0 Å². The summed E-state index contributed by atoms with van der Waals surface area (Å²) in [7, 11) is 0. The van der Waals surface area contributed by atoms with Gasteiger partial charge < -0.3 is 10.5 Å². The van der Waals surface area contributed by atoms with Crippen LogP contribution in [-0.2, 0) is 4.74 Å². The van der Waals surface area contributed by atoms with E-state index in [4.69, 9.17) is 10.5 Å². The number of halogens is 1. The van der Waals surface area contributed by atoms with Crippen LogP contribution < -0.4 is 5.73 Å². The highest BCUT2D eigenvalue weighted by Gasteiger charge is 2.40. The van der Waals surface area contributed by atoms with Crippen molar-refractivity contribution in [2.24, 2.45) is 11.7 Å². The molecule has 2 atom stereocenters. The molecule has 2 N–H and O–H groups in total. The lowest BCUT2D eigenvalue weighted by atomic mass is 9.77. The van der Waals surface area contributed by atoms with E-state index in [0.29, 0.717) is 5.92 Å². The Bertz CT molecular complexity index is 496. The van der Waals surface area contributed by atoms with Crippen molar-refractivity contribution in [3.8, 4) is 0 Å². The maximum absolute atomic E-state index is 6.64. The van der Waals surface area contributed by atoms with Gasteiger partial charge in [0, 0.05) is 17.1 Å². The third kappa shape index (κ3) is 3.34. The summed E-state index contributed by atoms with van der Waals surface area (Å²) in [5.74, 6) is 2.99. The molecular weight excluding hydrogens is 346 g/mol. The zero-order chi connectivity index (χ0) is 14.9. The molecule has 1 aromatic carbocycles. The van der Waals surface area contributed by atoms with Crippen molar-refractivity contribution in [3.05, 3.63) is 33.8 Å². The van der Waals surface area contributed by atoms with Gasteiger partial charge in [-0.1, -0.05) is 34.1 Å². The Morgan fingerprint density at radius 1 is 1.38 bits per heavy atom. The van der Waals surface area contributed by atoms with Crippen molar-refractivity contribution in [2.45, 2.75) is 44.2 Å². The number of benzene rings is 1. The smallest absolute Gasteiger partial charge is 0.0701 e. The van der Waals surface area contributed by atoms with Crippen molar-refractivity contribution in [1.82, 2.24) is 0 Å². The molecule has 21 heavy (non-hydrogen) atoms. The average molecular weight is 370 g/mol. The Morgan fingerprint density at radius 3 is 2.90 bits per heavy atom. The van der Waals surface area contributed by atoms with Gasteiger partial charge in [0.25, 0.3) is 0 Å². The van der Waals surface area contributed by atoms with Gasteiger partial charge in [-0.25, -0.2) is 0 Å². The predicted octanol–water partition coefficient (Wildman–Crippen LogP) is 4.45. The average Bonchev–Trinajstić information content (AvgIpc) is 2.50. The van der Waals surface area contributed by atoms with Gasteiger partial charge in [-0.3, -0.25) is 0 Å². The molecular formula is C17H24BrNOS. The molecule has 3 rings (SSSR count). The van der Waals surface area contributed by atoms with Gasteiger partial charge in [0.05, 0.1) is 5.60 Å². The molecule has 0 aliphatic carbocycles. The van der Waals surface area contributed by atoms with Gasteiger partial charge in [-0.2, -0.15) is 11.8 Å². The van der Waals surface area contributed by atoms with Crippen molar-refractivity contribution in [2.75, 3.05) is 18.1 Å². The van der Waals surface area contributed by atoms with E-state index in [9.17, 15) is 0 Å². The first-order valence-electron chi connectivity index (χ1n) is 7.84. The zero-order valence-electron chi connectivity index (χ0n) is 12.6. The van der Waals surface area contributed by atoms with E-state index in [1.54, 1.807) is 0 Å². The Kier molecular flexibility index (Phi) is 4.99. The van der Waals surface area contributed by atoms with E-state index >= 15 is 0 Å². The second-order valence-electron chi connectivity index (χ2n) is 6.40. The fourth-order valence-electron chi connectivity index (χ4n) is 3.65. The van der Waals surface area contributed by atoms with Crippen molar-refractivity contribution in [3.63, 3.8) is 0 Å². The predicted molar refractivity (Wildman–Crippen MR) is 93.8 cm³/mol. The minimum Gasteiger partial charge on any atom is -0.375 e. The van der Waals surface area contributed by atoms with Crippen LogP contribution in [0.15, 0.2) is 22.7 Å². The maximum atomic E-state index is 6.64. The Balaban J connectivity index is 1.78. The van der Waals surface area contributed by atoms with Gasteiger partial charge in [-0.15, -0.1) is 0 Å². The lowest BCUT2D eigenvalue weighted by Crippen LogP contribution is -2.45. The monoisotopic (exact) mass is 369 g/mol. The number of hydrogen-bond acceptors (Lipinski definition) is 3. The normalized spacial score (nSPS) is 26.7. The van der Waals surface area contributed by atoms with Crippen LogP contribution in [0.4, 0.5) is 0 Å². The number of hydrogen-bond donors (Lipinski definition) is 1. The van der Waals surface area contributed by atoms with Crippen LogP contribution in [0.25, 0.3) is 0 Å². The minimum atomic E-state index is 0.106. The Hall–Kier alpha value is -0.0300. The van der Waals surface area contributed by atoms with Gasteiger partial charge in [0.1, 0.15) is 0 Å². The molecule has 0 amide bonds. The summed E-state index contributed by atoms with van der Waals surface area (Å²) in [5.41, 5.74) is 9.27. The van der Waals surface area contributed by atoms with Gasteiger partial charge in [-0.05, 0) is 61.2 Å². The standard InChI is InChI=1S/C17H24BrNOS/c1-12-3-2-4-14(15(12)18)16(19)13-5-8-20-17(11-13)6-9-21-10-7-17/h2-4,13,16H,5-11,19H2,1H3. The highest BCUT2D eigenvalue weighted by molar-refractivity contribution is 9.10. The van der Waals surface area contributed by atoms with Crippen LogP contribution in [0.5, 0.6) is 0 Å². The first kappa shape index (κ1) is 15.9. The molecule has 2 unspecified atom stereocenters. The Labute approximate surface area is 140 Å². The number of rotatable bonds is 2. The highest BCUT2D eigenvalue weighted by atomic mass is 79.9. The van der Waals surface area contributed by atoms with Crippen LogP contribution in [0.2, 0.25) is 0 Å². The molecule has 2 aliphatic rings. The summed E-state index contributed by atoms with van der Waals surface area (Å²) in [5, 5.41) is 0. The Morgan fingerprint density at radius 2 is 2.14 bits per heavy atom. The fraction of sp³-hybridized carbons (Fsp3) is 0.647. The molecule has 2 saturated heterocycles. The van der Waals surface area contributed by atoms with Gasteiger partial charge in [0.2, 0.25) is 0 Å². The number of aryl methyl sites for hydroxylation is 1. The third-order valence-corrected chi connectivity index (χ3v) is 7.09. The number of ether oxygens (including phenoxy) is 1. The summed E-state index contributed by atoms with van der Waals surface area (Å²) >= 11 is 5.77. The number of nitrogens with two attached hydrogens (primary N) is 1. The molecule has 2 nitrogen and oxygen atoms in total. The number of thioether (sulfide) groups is 1. The molecule has 1 spiro atoms. The molecule has 116 valence electrons. The molecule has 2 heterocycles. The molecule has 0 radical (unpaired) electrons. The lowest BCUT2D eigenvalue weighted by Gasteiger charge is -2.45. The first-order valence-corrected chi connectivity index (χ1v) is 9.78. The van der Waals surface area contributed by atoms with Crippen LogP contribution >= 0.6 is 27.7 Å². The summed E-state index contributed by atoms with van der Waals surface area (Å²) in [6.45, 7) is 3.00. The van der Waals surface area contributed by atoms with Gasteiger partial charge in [0.15, 0.2) is 0 Å². The summed E-state index contributed by atoms with van der Waals surface area (Å²) < 4.78 is 7.37. The molecule has 2 aliphatic heterocycles. The van der Waals surface area contributed by atoms with E-state index in [2.05, 4.69) is 52.8 Å². The third-order valence-electron chi connectivity index (χ3n) is 5.02. The second-order valence-corrected chi connectivity index (χ2v) is 8.42. The van der Waals surface area contributed by atoms with Crippen LogP contribution in [0.1, 0.15) is 42.9 Å². The minimum absolute atomic E-state index is 0.106. The molecule has 0 bridgehead atoms. The van der Waals surface area contributed by atoms with E-state index < -0.39 is 0 Å². The quantitative estimate of drug-likeness (QED) is 0.835. The van der Waals surface area contributed by atoms with Crippen LogP contribution in [0, 0.1) is 12.8 Å². The maximum Gasteiger partial charge on any atom is 0.0701 e. The van der Waals surface area contributed by atoms with Gasteiger partial charge >= 0.3 is 0 Å². The van der Waals surface area contributed by atoms with Crippen molar-refractivity contribution >= 4 is 27.7 Å². The topological polar surface area (TPSA) is 35.2 Å². The highest BCUT2D eigenvalue weighted by Crippen LogP contribution is 2.43. The summed E-state index contributed by atoms with van der Waals surface area (Å²) in [6, 6.07) is 6.52. The van der Waals surface area contributed by atoms with E-state index in [-0.39, 0.29) is 11.6 Å². The first-order chi connectivity index (χ1) is 10.1. The molecule has 2 fully saturated rings. The van der Waals surface area contributed by atoms with Crippen LogP contribution in [-0.4, -0.2) is 23.7 Å². The fourth-order valence-corrected chi connectivity index (χ4v) is 5.41. The van der Waals surface area contributed by atoms with E-state index in [1.807, 2.05) is 0 Å². The van der Waals surface area contributed by atoms with E-state index in [1.165, 1.54) is 39.9 Å². The largest absolute Gasteiger partial charge is 0.375 e. The summed E-state index contributed by atoms with van der Waals surface area (Å²) in [6.07, 6.45) is 4.58. The molecule has 0 saturated carbocycles. The SMILES string of the molecule is Cc1cccc(C(N)C2CCOC3(CCSCC3)C2)c1Br. The molecule has 4 heteroatoms. The second kappa shape index (κ2) is 6.61.